The molecule has 0 saturated carbocycles. The molecule has 0 atom stereocenters. The van der Waals surface area contributed by atoms with Gasteiger partial charge in [0.05, 0.1) is 7.11 Å². The van der Waals surface area contributed by atoms with E-state index in [9.17, 15) is 4.79 Å². The van der Waals surface area contributed by atoms with Gasteiger partial charge < -0.3 is 9.47 Å². The molecule has 0 amide bonds. The van der Waals surface area contributed by atoms with Crippen molar-refractivity contribution in [2.24, 2.45) is 0 Å². The van der Waals surface area contributed by atoms with Crippen LogP contribution >= 0.6 is 0 Å². The molecule has 2 rings (SSSR count). The van der Waals surface area contributed by atoms with Crippen molar-refractivity contribution in [1.29, 1.82) is 0 Å². The number of nitrogens with zero attached hydrogens (tertiary/aromatic N) is 1. The van der Waals surface area contributed by atoms with Crippen molar-refractivity contribution in [3.63, 3.8) is 0 Å². The lowest BCUT2D eigenvalue weighted by Gasteiger charge is -2.05. The van der Waals surface area contributed by atoms with Gasteiger partial charge in [0.2, 0.25) is 5.88 Å². The van der Waals surface area contributed by atoms with Gasteiger partial charge in [0, 0.05) is 12.1 Å². The monoisotopic (exact) mass is 232 g/mol. The van der Waals surface area contributed by atoms with Gasteiger partial charge in [-0.3, -0.25) is 4.79 Å². The van der Waals surface area contributed by atoms with E-state index in [-0.39, 0.29) is 5.56 Å². The van der Waals surface area contributed by atoms with Gasteiger partial charge in [0.1, 0.15) is 12.4 Å². The minimum absolute atomic E-state index is 0.248. The van der Waals surface area contributed by atoms with Crippen molar-refractivity contribution in [2.45, 2.75) is 6.61 Å². The number of rotatable bonds is 4. The molecule has 88 valence electrons. The summed E-state index contributed by atoms with van der Waals surface area (Å²) in [7, 11) is 1.62. The van der Waals surface area contributed by atoms with E-state index in [0.717, 1.165) is 11.3 Å². The van der Waals surface area contributed by atoms with Crippen molar-refractivity contribution in [1.82, 2.24) is 10.2 Å². The normalized spacial score (nSPS) is 9.94. The molecular formula is C12H12N2O3. The van der Waals surface area contributed by atoms with Crippen LogP contribution in [0.4, 0.5) is 0 Å². The maximum absolute atomic E-state index is 10.8. The smallest absolute Gasteiger partial charge is 0.264 e. The van der Waals surface area contributed by atoms with Crippen LogP contribution in [0, 0.1) is 0 Å². The predicted octanol–water partition coefficient (Wildman–Crippen LogP) is 1.36. The Hall–Kier alpha value is -2.30. The fraction of sp³-hybridized carbons (Fsp3) is 0.167. The zero-order chi connectivity index (χ0) is 12.1. The summed E-state index contributed by atoms with van der Waals surface area (Å²) in [4.78, 5) is 10.8. The van der Waals surface area contributed by atoms with Gasteiger partial charge >= 0.3 is 0 Å². The minimum Gasteiger partial charge on any atom is -0.497 e. The van der Waals surface area contributed by atoms with E-state index in [0.29, 0.717) is 12.5 Å². The minimum atomic E-state index is -0.248. The molecule has 0 fully saturated rings. The quantitative estimate of drug-likeness (QED) is 0.864. The second kappa shape index (κ2) is 5.16. The van der Waals surface area contributed by atoms with Crippen molar-refractivity contribution >= 4 is 0 Å². The molecule has 5 heteroatoms. The highest BCUT2D eigenvalue weighted by molar-refractivity contribution is 5.27. The number of ether oxygens (including phenoxy) is 2. The van der Waals surface area contributed by atoms with Crippen LogP contribution in [0.5, 0.6) is 11.6 Å². The highest BCUT2D eigenvalue weighted by atomic mass is 16.5. The lowest BCUT2D eigenvalue weighted by atomic mass is 10.2. The molecule has 5 nitrogen and oxygen atoms in total. The van der Waals surface area contributed by atoms with Crippen LogP contribution in [0.2, 0.25) is 0 Å². The fourth-order valence-electron chi connectivity index (χ4n) is 1.29. The zero-order valence-corrected chi connectivity index (χ0v) is 9.34. The van der Waals surface area contributed by atoms with Gasteiger partial charge in [0.25, 0.3) is 5.56 Å². The van der Waals surface area contributed by atoms with E-state index >= 15 is 0 Å². The molecular weight excluding hydrogens is 220 g/mol. The standard InChI is InChI=1S/C12H12N2O3/c1-16-10-4-2-9(3-5-10)8-17-12-7-6-11(15)13-14-12/h2-7H,8H2,1H3,(H,13,15). The molecule has 0 radical (unpaired) electrons. The molecule has 0 aliphatic rings. The van der Waals surface area contributed by atoms with E-state index in [1.807, 2.05) is 24.3 Å². The SMILES string of the molecule is COc1ccc(COc2ccc(=O)[nH]n2)cc1. The first-order valence-corrected chi connectivity index (χ1v) is 5.09. The van der Waals surface area contributed by atoms with Crippen LogP contribution in [0.3, 0.4) is 0 Å². The Morgan fingerprint density at radius 2 is 1.94 bits per heavy atom. The Morgan fingerprint density at radius 3 is 2.53 bits per heavy atom. The number of nitrogens with one attached hydrogen (secondary N) is 1. The highest BCUT2D eigenvalue weighted by Crippen LogP contribution is 2.12. The van der Waals surface area contributed by atoms with E-state index in [1.165, 1.54) is 12.1 Å². The summed E-state index contributed by atoms with van der Waals surface area (Å²) in [6.45, 7) is 0.392. The Bertz CT molecular complexity index is 514. The third-order valence-corrected chi connectivity index (χ3v) is 2.20. The van der Waals surface area contributed by atoms with Crippen molar-refractivity contribution in [3.8, 4) is 11.6 Å². The van der Waals surface area contributed by atoms with E-state index < -0.39 is 0 Å². The van der Waals surface area contributed by atoms with Gasteiger partial charge in [-0.2, -0.15) is 0 Å². The van der Waals surface area contributed by atoms with Crippen molar-refractivity contribution in [3.05, 3.63) is 52.3 Å². The highest BCUT2D eigenvalue weighted by Gasteiger charge is 1.98. The number of hydrogen-bond donors (Lipinski definition) is 1. The lowest BCUT2D eigenvalue weighted by Crippen LogP contribution is -2.07. The number of aromatic amines is 1. The molecule has 2 aromatic rings. The number of H-pyrrole nitrogens is 1. The third kappa shape index (κ3) is 3.07. The van der Waals surface area contributed by atoms with Crippen LogP contribution in [0.25, 0.3) is 0 Å². The Labute approximate surface area is 98.0 Å². The lowest BCUT2D eigenvalue weighted by molar-refractivity contribution is 0.289. The van der Waals surface area contributed by atoms with E-state index in [2.05, 4.69) is 10.2 Å². The Balaban J connectivity index is 1.97. The number of hydrogen-bond acceptors (Lipinski definition) is 4. The van der Waals surface area contributed by atoms with Crippen molar-refractivity contribution in [2.75, 3.05) is 7.11 Å². The largest absolute Gasteiger partial charge is 0.497 e. The van der Waals surface area contributed by atoms with Crippen LogP contribution in [-0.2, 0) is 6.61 Å². The molecule has 1 aromatic carbocycles. The molecule has 17 heavy (non-hydrogen) atoms. The molecule has 0 aliphatic heterocycles. The molecule has 0 bridgehead atoms. The molecule has 1 heterocycles. The number of benzene rings is 1. The zero-order valence-electron chi connectivity index (χ0n) is 9.34. The molecule has 0 unspecified atom stereocenters. The second-order valence-electron chi connectivity index (χ2n) is 3.40. The first kappa shape index (κ1) is 11.2. The number of aromatic nitrogens is 2. The van der Waals surface area contributed by atoms with Gasteiger partial charge in [0.15, 0.2) is 0 Å². The van der Waals surface area contributed by atoms with Gasteiger partial charge in [-0.15, -0.1) is 5.10 Å². The average Bonchev–Trinajstić information content (AvgIpc) is 2.39. The molecule has 1 N–H and O–H groups in total. The maximum atomic E-state index is 10.8. The summed E-state index contributed by atoms with van der Waals surface area (Å²) < 4.78 is 10.5. The molecule has 1 aromatic heterocycles. The van der Waals surface area contributed by atoms with Gasteiger partial charge in [-0.05, 0) is 17.7 Å². The molecule has 0 aliphatic carbocycles. The summed E-state index contributed by atoms with van der Waals surface area (Å²) in [6.07, 6.45) is 0. The summed E-state index contributed by atoms with van der Waals surface area (Å²) in [5, 5.41) is 6.05. The third-order valence-electron chi connectivity index (χ3n) is 2.20. The van der Waals surface area contributed by atoms with Crippen molar-refractivity contribution < 1.29 is 9.47 Å². The molecule has 0 spiro atoms. The van der Waals surface area contributed by atoms with Crippen LogP contribution in [-0.4, -0.2) is 17.3 Å². The predicted molar refractivity (Wildman–Crippen MR) is 62.2 cm³/mol. The first-order valence-electron chi connectivity index (χ1n) is 5.09. The van der Waals surface area contributed by atoms with Crippen LogP contribution < -0.4 is 15.0 Å². The average molecular weight is 232 g/mol. The topological polar surface area (TPSA) is 64.2 Å². The summed E-state index contributed by atoms with van der Waals surface area (Å²) in [5.41, 5.74) is 0.751. The maximum Gasteiger partial charge on any atom is 0.264 e. The van der Waals surface area contributed by atoms with Crippen LogP contribution in [0.1, 0.15) is 5.56 Å². The van der Waals surface area contributed by atoms with E-state index in [4.69, 9.17) is 9.47 Å². The fourth-order valence-corrected chi connectivity index (χ4v) is 1.29. The number of methoxy groups -OCH3 is 1. The van der Waals surface area contributed by atoms with Gasteiger partial charge in [-0.1, -0.05) is 12.1 Å². The van der Waals surface area contributed by atoms with Gasteiger partial charge in [-0.25, -0.2) is 5.10 Å². The summed E-state index contributed by atoms with van der Waals surface area (Å²) in [6, 6.07) is 10.4. The summed E-state index contributed by atoms with van der Waals surface area (Å²) in [5.74, 6) is 1.19. The Morgan fingerprint density at radius 1 is 1.18 bits per heavy atom. The summed E-state index contributed by atoms with van der Waals surface area (Å²) >= 11 is 0. The first-order chi connectivity index (χ1) is 8.28. The van der Waals surface area contributed by atoms with E-state index in [1.54, 1.807) is 7.11 Å². The molecule has 0 saturated heterocycles. The Kier molecular flexibility index (Phi) is 3.40. The second-order valence-corrected chi connectivity index (χ2v) is 3.40. The van der Waals surface area contributed by atoms with Crippen LogP contribution in [0.15, 0.2) is 41.2 Å².